The molecule has 0 saturated carbocycles. The minimum Gasteiger partial charge on any atom is -0.481 e. The Morgan fingerprint density at radius 3 is 2.69 bits per heavy atom. The zero-order valence-corrected chi connectivity index (χ0v) is 9.36. The van der Waals surface area contributed by atoms with Gasteiger partial charge in [0.15, 0.2) is 5.03 Å². The van der Waals surface area contributed by atoms with Gasteiger partial charge in [-0.15, -0.1) is 0 Å². The highest BCUT2D eigenvalue weighted by molar-refractivity contribution is 7.89. The average Bonchev–Trinajstić information content (AvgIpc) is 2.47. The van der Waals surface area contributed by atoms with Crippen LogP contribution in [0.25, 0.3) is 0 Å². The largest absolute Gasteiger partial charge is 0.481 e. The van der Waals surface area contributed by atoms with Crippen molar-refractivity contribution in [2.75, 3.05) is 13.1 Å². The Morgan fingerprint density at radius 2 is 2.25 bits per heavy atom. The van der Waals surface area contributed by atoms with Gasteiger partial charge < -0.3 is 10.1 Å². The summed E-state index contributed by atoms with van der Waals surface area (Å²) in [5.41, 5.74) is 0. The van der Waals surface area contributed by atoms with Crippen molar-refractivity contribution in [3.05, 3.63) is 12.0 Å². The van der Waals surface area contributed by atoms with Gasteiger partial charge in [-0.2, -0.15) is 4.31 Å². The number of carbonyl (C=O) groups is 1. The molecule has 1 aliphatic heterocycles. The van der Waals surface area contributed by atoms with E-state index in [9.17, 15) is 13.2 Å². The van der Waals surface area contributed by atoms with Crippen LogP contribution in [-0.2, 0) is 14.8 Å². The van der Waals surface area contributed by atoms with Crippen LogP contribution >= 0.6 is 0 Å². The molecule has 7 nitrogen and oxygen atoms in total. The van der Waals surface area contributed by atoms with Crippen LogP contribution in [0, 0.1) is 12.8 Å². The van der Waals surface area contributed by atoms with Crippen LogP contribution in [-0.4, -0.2) is 46.9 Å². The van der Waals surface area contributed by atoms with Gasteiger partial charge in [-0.05, 0) is 6.92 Å². The monoisotopic (exact) mass is 245 g/mol. The maximum atomic E-state index is 11.9. The highest BCUT2D eigenvalue weighted by Gasteiger charge is 2.41. The van der Waals surface area contributed by atoms with E-state index in [1.165, 1.54) is 6.20 Å². The molecular weight excluding hydrogens is 234 g/mol. The van der Waals surface area contributed by atoms with Crippen LogP contribution in [0.3, 0.4) is 0 Å². The van der Waals surface area contributed by atoms with E-state index in [0.717, 1.165) is 4.31 Å². The first-order valence-corrected chi connectivity index (χ1v) is 6.10. The van der Waals surface area contributed by atoms with Crippen LogP contribution in [0.5, 0.6) is 0 Å². The number of hydrogen-bond donors (Lipinski definition) is 2. The van der Waals surface area contributed by atoms with Crippen molar-refractivity contribution in [2.24, 2.45) is 5.92 Å². The Labute approximate surface area is 92.2 Å². The van der Waals surface area contributed by atoms with Crippen LogP contribution < -0.4 is 0 Å². The van der Waals surface area contributed by atoms with Crippen molar-refractivity contribution >= 4 is 16.0 Å². The number of nitrogens with zero attached hydrogens (tertiary/aromatic N) is 2. The molecule has 0 aliphatic carbocycles. The van der Waals surface area contributed by atoms with E-state index in [2.05, 4.69) is 9.97 Å². The minimum absolute atomic E-state index is 0.00818. The molecule has 1 aromatic heterocycles. The Morgan fingerprint density at radius 1 is 1.62 bits per heavy atom. The van der Waals surface area contributed by atoms with Crippen LogP contribution in [0.2, 0.25) is 0 Å². The summed E-state index contributed by atoms with van der Waals surface area (Å²) in [6, 6.07) is 0. The summed E-state index contributed by atoms with van der Waals surface area (Å²) < 4.78 is 24.8. The van der Waals surface area contributed by atoms with Crippen molar-refractivity contribution in [3.63, 3.8) is 0 Å². The number of H-pyrrole nitrogens is 1. The number of nitrogens with one attached hydrogen (secondary N) is 1. The molecular formula is C8H11N3O4S. The van der Waals surface area contributed by atoms with E-state index >= 15 is 0 Å². The van der Waals surface area contributed by atoms with Gasteiger partial charge in [0.05, 0.1) is 12.1 Å². The molecule has 8 heteroatoms. The average molecular weight is 245 g/mol. The number of aliphatic carboxylic acids is 1. The molecule has 16 heavy (non-hydrogen) atoms. The number of carboxylic acid groups (broad SMARTS) is 1. The lowest BCUT2D eigenvalue weighted by Crippen LogP contribution is -2.52. The summed E-state index contributed by atoms with van der Waals surface area (Å²) in [5.74, 6) is -1.06. The molecule has 0 aromatic carbocycles. The fraction of sp³-hybridized carbons (Fsp3) is 0.500. The first-order valence-electron chi connectivity index (χ1n) is 4.66. The van der Waals surface area contributed by atoms with Crippen LogP contribution in [0.1, 0.15) is 5.82 Å². The van der Waals surface area contributed by atoms with Gasteiger partial charge in [0.25, 0.3) is 10.0 Å². The maximum Gasteiger partial charge on any atom is 0.309 e. The summed E-state index contributed by atoms with van der Waals surface area (Å²) in [4.78, 5) is 17.0. The lowest BCUT2D eigenvalue weighted by molar-refractivity contribution is -0.145. The van der Waals surface area contributed by atoms with Crippen LogP contribution in [0.4, 0.5) is 0 Å². The van der Waals surface area contributed by atoms with Gasteiger partial charge in [0.1, 0.15) is 5.82 Å². The molecule has 0 bridgehead atoms. The van der Waals surface area contributed by atoms with Gasteiger partial charge in [-0.3, -0.25) is 4.79 Å². The number of aromatic nitrogens is 2. The summed E-state index contributed by atoms with van der Waals surface area (Å²) in [5, 5.41) is 8.66. The number of aryl methyl sites for hydroxylation is 1. The molecule has 0 spiro atoms. The number of imidazole rings is 1. The predicted molar refractivity (Wildman–Crippen MR) is 53.2 cm³/mol. The molecule has 0 unspecified atom stereocenters. The van der Waals surface area contributed by atoms with Gasteiger partial charge in [-0.25, -0.2) is 13.4 Å². The van der Waals surface area contributed by atoms with Crippen molar-refractivity contribution in [3.8, 4) is 0 Å². The second-order valence-corrected chi connectivity index (χ2v) is 5.60. The fourth-order valence-electron chi connectivity index (χ4n) is 1.46. The Kier molecular flexibility index (Phi) is 2.47. The SMILES string of the molecule is Cc1ncc(S(=O)(=O)N2CC(C(=O)O)C2)[nH]1. The van der Waals surface area contributed by atoms with E-state index in [4.69, 9.17) is 5.11 Å². The smallest absolute Gasteiger partial charge is 0.309 e. The van der Waals surface area contributed by atoms with Gasteiger partial charge >= 0.3 is 5.97 Å². The highest BCUT2D eigenvalue weighted by Crippen LogP contribution is 2.23. The lowest BCUT2D eigenvalue weighted by Gasteiger charge is -2.34. The zero-order chi connectivity index (χ0) is 11.9. The summed E-state index contributed by atoms with van der Waals surface area (Å²) in [6.45, 7) is 1.70. The van der Waals surface area contributed by atoms with E-state index < -0.39 is 21.9 Å². The maximum absolute atomic E-state index is 11.9. The number of aromatic amines is 1. The number of sulfonamides is 1. The van der Waals surface area contributed by atoms with Crippen molar-refractivity contribution in [1.29, 1.82) is 0 Å². The first-order chi connectivity index (χ1) is 7.41. The van der Waals surface area contributed by atoms with Crippen LogP contribution in [0.15, 0.2) is 11.2 Å². The van der Waals surface area contributed by atoms with E-state index in [-0.39, 0.29) is 18.1 Å². The molecule has 88 valence electrons. The molecule has 1 aliphatic rings. The molecule has 1 aromatic rings. The topological polar surface area (TPSA) is 103 Å². The molecule has 2 N–H and O–H groups in total. The molecule has 2 rings (SSSR count). The fourth-order valence-corrected chi connectivity index (χ4v) is 2.95. The standard InChI is InChI=1S/C8H11N3O4S/c1-5-9-2-7(10-5)16(14,15)11-3-6(4-11)8(12)13/h2,6H,3-4H2,1H3,(H,9,10)(H,12,13). The third-order valence-electron chi connectivity index (χ3n) is 2.49. The van der Waals surface area contributed by atoms with Crippen molar-refractivity contribution < 1.29 is 18.3 Å². The second kappa shape index (κ2) is 3.56. The lowest BCUT2D eigenvalue weighted by atomic mass is 10.0. The Hall–Kier alpha value is -1.41. The molecule has 1 fully saturated rings. The van der Waals surface area contributed by atoms with E-state index in [1.54, 1.807) is 6.92 Å². The third kappa shape index (κ3) is 1.69. The van der Waals surface area contributed by atoms with E-state index in [1.807, 2.05) is 0 Å². The Bertz CT molecular complexity index is 515. The molecule has 0 amide bonds. The summed E-state index contributed by atoms with van der Waals surface area (Å²) in [7, 11) is -3.60. The number of carboxylic acids is 1. The number of hydrogen-bond acceptors (Lipinski definition) is 4. The normalized spacial score (nSPS) is 18.3. The predicted octanol–water partition coefficient (Wildman–Crippen LogP) is -0.577. The molecule has 1 saturated heterocycles. The van der Waals surface area contributed by atoms with Gasteiger partial charge in [0, 0.05) is 13.1 Å². The Balaban J connectivity index is 2.14. The van der Waals surface area contributed by atoms with Gasteiger partial charge in [0.2, 0.25) is 0 Å². The van der Waals surface area contributed by atoms with Crippen molar-refractivity contribution in [2.45, 2.75) is 11.9 Å². The molecule has 0 radical (unpaired) electrons. The van der Waals surface area contributed by atoms with Gasteiger partial charge in [-0.1, -0.05) is 0 Å². The molecule has 0 atom stereocenters. The third-order valence-corrected chi connectivity index (χ3v) is 4.24. The van der Waals surface area contributed by atoms with E-state index in [0.29, 0.717) is 5.82 Å². The first kappa shape index (κ1) is 11.1. The zero-order valence-electron chi connectivity index (χ0n) is 8.54. The quantitative estimate of drug-likeness (QED) is 0.741. The second-order valence-electron chi connectivity index (χ2n) is 3.69. The summed E-state index contributed by atoms with van der Waals surface area (Å²) >= 11 is 0. The molecule has 2 heterocycles. The minimum atomic E-state index is -3.60. The number of rotatable bonds is 3. The highest BCUT2D eigenvalue weighted by atomic mass is 32.2. The summed E-state index contributed by atoms with van der Waals surface area (Å²) in [6.07, 6.45) is 1.23. The van der Waals surface area contributed by atoms with Crippen molar-refractivity contribution in [1.82, 2.24) is 14.3 Å².